The fourth-order valence-electron chi connectivity index (χ4n) is 6.89. The molecule has 0 bridgehead atoms. The molecule has 3 saturated heterocycles. The predicted octanol–water partition coefficient (Wildman–Crippen LogP) is 2.03. The number of nitrogens with zero attached hydrogens (tertiary/aromatic N) is 6. The Balaban J connectivity index is 1.12. The minimum Gasteiger partial charge on any atom is -0.358 e. The number of carbonyl (C=O) groups is 2. The van der Waals surface area contributed by atoms with Crippen LogP contribution in [0.25, 0.3) is 0 Å². The van der Waals surface area contributed by atoms with Crippen LogP contribution in [0.4, 0.5) is 9.52 Å². The van der Waals surface area contributed by atoms with Crippen LogP contribution in [0.5, 0.6) is 0 Å². The highest BCUT2D eigenvalue weighted by atomic mass is 32.1. The van der Waals surface area contributed by atoms with Gasteiger partial charge in [0.1, 0.15) is 23.7 Å². The molecular formula is C28H33FN8O2S. The number of hydrogen-bond acceptors (Lipinski definition) is 9. The highest BCUT2D eigenvalue weighted by molar-refractivity contribution is 7.13. The number of fused-ring (bicyclic) bond motifs is 2. The first-order chi connectivity index (χ1) is 19.6. The van der Waals surface area contributed by atoms with Crippen molar-refractivity contribution < 1.29 is 14.0 Å². The third kappa shape index (κ3) is 4.56. The Labute approximate surface area is 236 Å². The average Bonchev–Trinajstić information content (AvgIpc) is 3.78. The Bertz CT molecular complexity index is 1320. The summed E-state index contributed by atoms with van der Waals surface area (Å²) in [5, 5.41) is 8.50. The van der Waals surface area contributed by atoms with E-state index in [1.807, 2.05) is 18.6 Å². The highest BCUT2D eigenvalue weighted by Gasteiger charge is 2.52. The molecule has 0 radical (unpaired) electrons. The number of allylic oxidation sites excluding steroid dienone is 3. The molecule has 6 aliphatic rings. The third-order valence-electron chi connectivity index (χ3n) is 8.95. The van der Waals surface area contributed by atoms with Gasteiger partial charge in [0.2, 0.25) is 5.91 Å². The van der Waals surface area contributed by atoms with Crippen molar-refractivity contribution in [3.63, 3.8) is 0 Å². The Hall–Kier alpha value is -3.38. The Morgan fingerprint density at radius 3 is 2.90 bits per heavy atom. The van der Waals surface area contributed by atoms with Gasteiger partial charge >= 0.3 is 0 Å². The first kappa shape index (κ1) is 25.6. The van der Waals surface area contributed by atoms with Gasteiger partial charge in [-0.2, -0.15) is 0 Å². The number of halogens is 1. The quantitative estimate of drug-likeness (QED) is 0.548. The molecule has 0 spiro atoms. The molecule has 10 nitrogen and oxygen atoms in total. The van der Waals surface area contributed by atoms with Crippen LogP contribution in [-0.4, -0.2) is 101 Å². The summed E-state index contributed by atoms with van der Waals surface area (Å²) < 4.78 is 15.6. The highest BCUT2D eigenvalue weighted by Crippen LogP contribution is 2.42. The summed E-state index contributed by atoms with van der Waals surface area (Å²) in [7, 11) is 0. The monoisotopic (exact) mass is 564 g/mol. The second-order valence-electron chi connectivity index (χ2n) is 11.2. The first-order valence-corrected chi connectivity index (χ1v) is 15.0. The molecule has 3 fully saturated rings. The fraction of sp³-hybridized carbons (Fsp3) is 0.536. The summed E-state index contributed by atoms with van der Waals surface area (Å²) in [5.41, 5.74) is 0.776. The summed E-state index contributed by atoms with van der Waals surface area (Å²) in [4.78, 5) is 47.2. The molecule has 7 rings (SSSR count). The fourth-order valence-corrected chi connectivity index (χ4v) is 7.42. The van der Waals surface area contributed by atoms with Crippen molar-refractivity contribution in [1.82, 2.24) is 25.0 Å². The van der Waals surface area contributed by atoms with Gasteiger partial charge in [0.05, 0.1) is 18.3 Å². The summed E-state index contributed by atoms with van der Waals surface area (Å²) >= 11 is 1.32. The third-order valence-corrected chi connectivity index (χ3v) is 9.64. The van der Waals surface area contributed by atoms with E-state index in [1.54, 1.807) is 22.6 Å². The number of rotatable bonds is 6. The molecule has 6 unspecified atom stereocenters. The predicted molar refractivity (Wildman–Crippen MR) is 152 cm³/mol. The number of aliphatic imine (C=N–C) groups is 2. The molecule has 40 heavy (non-hydrogen) atoms. The molecule has 0 saturated carbocycles. The van der Waals surface area contributed by atoms with Gasteiger partial charge in [-0.25, -0.2) is 14.4 Å². The van der Waals surface area contributed by atoms with E-state index in [4.69, 9.17) is 9.98 Å². The van der Waals surface area contributed by atoms with Crippen LogP contribution in [0.15, 0.2) is 57.0 Å². The topological polar surface area (TPSA) is 106 Å². The van der Waals surface area contributed by atoms with Gasteiger partial charge in [0, 0.05) is 68.9 Å². The first-order valence-electron chi connectivity index (χ1n) is 14.2. The normalized spacial score (nSPS) is 32.0. The van der Waals surface area contributed by atoms with E-state index in [0.717, 1.165) is 57.0 Å². The van der Waals surface area contributed by atoms with Crippen molar-refractivity contribution in [2.24, 2.45) is 27.7 Å². The minimum absolute atomic E-state index is 0.0593. The zero-order chi connectivity index (χ0) is 27.2. The maximum Gasteiger partial charge on any atom is 0.251 e. The molecule has 5 aliphatic heterocycles. The zero-order valence-corrected chi connectivity index (χ0v) is 23.0. The largest absolute Gasteiger partial charge is 0.358 e. The van der Waals surface area contributed by atoms with Gasteiger partial charge in [-0.1, -0.05) is 6.08 Å². The SMILES string of the molecule is O=C(Nc1nccs1)C(C1N=CN2CCCC12)N1CC2C(F)=CC(C3C=NC(N4CCNCC4)=CC3)=CC2C1=O. The van der Waals surface area contributed by atoms with Crippen LogP contribution < -0.4 is 10.6 Å². The van der Waals surface area contributed by atoms with Crippen LogP contribution in [0.3, 0.4) is 0 Å². The van der Waals surface area contributed by atoms with E-state index in [9.17, 15) is 9.59 Å². The van der Waals surface area contributed by atoms with E-state index in [1.165, 1.54) is 11.3 Å². The minimum atomic E-state index is -0.836. The van der Waals surface area contributed by atoms with Gasteiger partial charge in [0.25, 0.3) is 5.91 Å². The maximum absolute atomic E-state index is 15.6. The van der Waals surface area contributed by atoms with Crippen molar-refractivity contribution in [3.8, 4) is 0 Å². The average molecular weight is 565 g/mol. The maximum atomic E-state index is 15.6. The standard InChI is InChI=1S/C28H33FN8O2S/c29-21-13-18(17-3-4-23(32-14-17)35-9-5-30-6-10-35)12-19-20(21)15-37(27(19)39)25(26(38)34-28-31-7-11-40-28)24-22-2-1-8-36(22)16-33-24/h4,7,11-14,16-17,19-20,22,24-25,30H,1-3,5-6,8-10,15H2,(H,31,34,38). The van der Waals surface area contributed by atoms with Crippen LogP contribution in [0.2, 0.25) is 0 Å². The van der Waals surface area contributed by atoms with E-state index in [-0.39, 0.29) is 36.1 Å². The summed E-state index contributed by atoms with van der Waals surface area (Å²) in [6.45, 7) is 4.74. The van der Waals surface area contributed by atoms with E-state index < -0.39 is 23.9 Å². The van der Waals surface area contributed by atoms with Crippen molar-refractivity contribution in [2.45, 2.75) is 37.4 Å². The Kier molecular flexibility index (Phi) is 6.74. The molecule has 6 atom stereocenters. The number of piperazine rings is 1. The lowest BCUT2D eigenvalue weighted by Gasteiger charge is -2.33. The Morgan fingerprint density at radius 2 is 2.12 bits per heavy atom. The number of amides is 2. The second kappa shape index (κ2) is 10.5. The Morgan fingerprint density at radius 1 is 1.25 bits per heavy atom. The molecule has 210 valence electrons. The van der Waals surface area contributed by atoms with Crippen molar-refractivity contribution in [2.75, 3.05) is 44.6 Å². The van der Waals surface area contributed by atoms with Crippen LogP contribution >= 0.6 is 11.3 Å². The smallest absolute Gasteiger partial charge is 0.251 e. The van der Waals surface area contributed by atoms with Crippen molar-refractivity contribution in [3.05, 3.63) is 47.0 Å². The number of carbonyl (C=O) groups excluding carboxylic acids is 2. The van der Waals surface area contributed by atoms with Gasteiger partial charge in [0.15, 0.2) is 5.13 Å². The number of thiazole rings is 1. The van der Waals surface area contributed by atoms with E-state index in [0.29, 0.717) is 11.6 Å². The van der Waals surface area contributed by atoms with Gasteiger partial charge in [-0.3, -0.25) is 14.6 Å². The number of hydrogen-bond donors (Lipinski definition) is 2. The number of likely N-dealkylation sites (tertiary alicyclic amines) is 1. The number of nitrogens with one attached hydrogen (secondary N) is 2. The molecule has 1 aromatic rings. The van der Waals surface area contributed by atoms with Crippen LogP contribution in [0.1, 0.15) is 19.3 Å². The lowest BCUT2D eigenvalue weighted by Crippen LogP contribution is -2.55. The molecular weight excluding hydrogens is 531 g/mol. The molecule has 12 heteroatoms. The van der Waals surface area contributed by atoms with Gasteiger partial charge in [-0.15, -0.1) is 11.3 Å². The number of anilines is 1. The molecule has 2 amide bonds. The van der Waals surface area contributed by atoms with Gasteiger partial charge < -0.3 is 25.3 Å². The van der Waals surface area contributed by atoms with E-state index in [2.05, 4.69) is 31.5 Å². The zero-order valence-electron chi connectivity index (χ0n) is 22.2. The summed E-state index contributed by atoms with van der Waals surface area (Å²) in [5.74, 6) is -1.23. The summed E-state index contributed by atoms with van der Waals surface area (Å²) in [6, 6.07) is -1.18. The van der Waals surface area contributed by atoms with Crippen molar-refractivity contribution >= 4 is 40.8 Å². The molecule has 0 aromatic carbocycles. The molecule has 2 N–H and O–H groups in total. The van der Waals surface area contributed by atoms with Crippen LogP contribution in [-0.2, 0) is 9.59 Å². The second-order valence-corrected chi connectivity index (χ2v) is 12.1. The summed E-state index contributed by atoms with van der Waals surface area (Å²) in [6.07, 6.45) is 13.6. The van der Waals surface area contributed by atoms with Gasteiger partial charge in [-0.05, 0) is 37.0 Å². The van der Waals surface area contributed by atoms with E-state index >= 15 is 4.39 Å². The molecule has 1 aliphatic carbocycles. The van der Waals surface area contributed by atoms with Crippen molar-refractivity contribution in [1.29, 1.82) is 0 Å². The number of aromatic nitrogens is 1. The van der Waals surface area contributed by atoms with Crippen LogP contribution in [0, 0.1) is 17.8 Å². The molecule has 1 aromatic heterocycles. The molecule has 6 heterocycles. The lowest BCUT2D eigenvalue weighted by molar-refractivity contribution is -0.137. The lowest BCUT2D eigenvalue weighted by atomic mass is 9.82.